The van der Waals surface area contributed by atoms with E-state index in [4.69, 9.17) is 21.1 Å². The smallest absolute Gasteiger partial charge is 0.134 e. The molecule has 2 rings (SSSR count). The molecule has 1 heterocycles. The van der Waals surface area contributed by atoms with Gasteiger partial charge in [-0.25, -0.2) is 0 Å². The molecule has 0 saturated carbocycles. The van der Waals surface area contributed by atoms with Crippen LogP contribution in [0.15, 0.2) is 24.3 Å². The molecule has 22 heavy (non-hydrogen) atoms. The summed E-state index contributed by atoms with van der Waals surface area (Å²) < 4.78 is 11.3. The molecule has 0 aliphatic carbocycles. The van der Waals surface area contributed by atoms with E-state index >= 15 is 0 Å². The summed E-state index contributed by atoms with van der Waals surface area (Å²) in [6, 6.07) is 7.65. The van der Waals surface area contributed by atoms with Crippen LogP contribution in [0.3, 0.4) is 0 Å². The highest BCUT2D eigenvalue weighted by Crippen LogP contribution is 2.21. The van der Waals surface area contributed by atoms with Gasteiger partial charge in [-0.15, -0.1) is 0 Å². The van der Waals surface area contributed by atoms with Crippen molar-refractivity contribution >= 4 is 11.6 Å². The first kappa shape index (κ1) is 17.5. The van der Waals surface area contributed by atoms with Gasteiger partial charge in [0, 0.05) is 24.2 Å². The van der Waals surface area contributed by atoms with Crippen LogP contribution in [-0.4, -0.2) is 54.6 Å². The quantitative estimate of drug-likeness (QED) is 0.872. The number of halogens is 1. The lowest BCUT2D eigenvalue weighted by molar-refractivity contribution is -0.0673. The van der Waals surface area contributed by atoms with Crippen LogP contribution in [0, 0.1) is 0 Å². The second-order valence-electron chi connectivity index (χ2n) is 5.96. The number of nitrogens with zero attached hydrogens (tertiary/aromatic N) is 1. The molecule has 4 nitrogen and oxygen atoms in total. The molecule has 1 atom stereocenters. The minimum atomic E-state index is -0.987. The van der Waals surface area contributed by atoms with E-state index in [1.54, 1.807) is 12.1 Å². The van der Waals surface area contributed by atoms with Crippen molar-refractivity contribution in [3.05, 3.63) is 29.3 Å². The predicted molar refractivity (Wildman–Crippen MR) is 88.7 cm³/mol. The summed E-state index contributed by atoms with van der Waals surface area (Å²) in [5.74, 6) is 0.705. The molecule has 1 aliphatic heterocycles. The van der Waals surface area contributed by atoms with Gasteiger partial charge in [-0.2, -0.15) is 0 Å². The zero-order valence-corrected chi connectivity index (χ0v) is 14.2. The minimum Gasteiger partial charge on any atom is -0.490 e. The highest BCUT2D eigenvalue weighted by Gasteiger charge is 2.35. The number of rotatable bonds is 6. The fourth-order valence-electron chi connectivity index (χ4n) is 2.90. The fraction of sp³-hybridized carbons (Fsp3) is 0.647. The van der Waals surface area contributed by atoms with Crippen molar-refractivity contribution in [2.24, 2.45) is 0 Å². The van der Waals surface area contributed by atoms with Crippen LogP contribution in [0.25, 0.3) is 0 Å². The normalized spacial score (nSPS) is 23.5. The topological polar surface area (TPSA) is 41.9 Å². The van der Waals surface area contributed by atoms with E-state index in [-0.39, 0.29) is 6.61 Å². The summed E-state index contributed by atoms with van der Waals surface area (Å²) in [7, 11) is 0. The molecule has 1 aromatic carbocycles. The van der Waals surface area contributed by atoms with E-state index in [9.17, 15) is 5.11 Å². The first-order valence-corrected chi connectivity index (χ1v) is 8.36. The zero-order valence-electron chi connectivity index (χ0n) is 13.4. The Morgan fingerprint density at radius 2 is 2.00 bits per heavy atom. The lowest BCUT2D eigenvalue weighted by Crippen LogP contribution is -2.51. The average Bonchev–Trinajstić information content (AvgIpc) is 2.71. The van der Waals surface area contributed by atoms with Crippen LogP contribution in [0.4, 0.5) is 0 Å². The van der Waals surface area contributed by atoms with Crippen molar-refractivity contribution in [1.82, 2.24) is 4.90 Å². The Morgan fingerprint density at radius 3 is 2.64 bits per heavy atom. The summed E-state index contributed by atoms with van der Waals surface area (Å²) in [5, 5.41) is 11.5. The molecule has 5 heteroatoms. The maximum atomic E-state index is 10.9. The van der Waals surface area contributed by atoms with Crippen LogP contribution in [0.1, 0.15) is 26.7 Å². The Morgan fingerprint density at radius 1 is 1.32 bits per heavy atom. The summed E-state index contributed by atoms with van der Waals surface area (Å²) in [4.78, 5) is 2.32. The van der Waals surface area contributed by atoms with Crippen LogP contribution in [0.5, 0.6) is 5.75 Å². The lowest BCUT2D eigenvalue weighted by atomic mass is 10.0. The SMILES string of the molecule is CCC(CC)N1CCOCC(O)(COc2ccc(Cl)cc2)C1. The third-order valence-electron chi connectivity index (χ3n) is 4.17. The van der Waals surface area contributed by atoms with Gasteiger partial charge >= 0.3 is 0 Å². The number of benzene rings is 1. The Bertz CT molecular complexity index is 450. The van der Waals surface area contributed by atoms with Crippen molar-refractivity contribution in [1.29, 1.82) is 0 Å². The number of hydrogen-bond donors (Lipinski definition) is 1. The summed E-state index contributed by atoms with van der Waals surface area (Å²) >= 11 is 5.86. The van der Waals surface area contributed by atoms with Gasteiger partial charge in [0.15, 0.2) is 0 Å². The van der Waals surface area contributed by atoms with Crippen molar-refractivity contribution in [3.63, 3.8) is 0 Å². The molecule has 1 N–H and O–H groups in total. The van der Waals surface area contributed by atoms with Gasteiger partial charge in [-0.3, -0.25) is 4.90 Å². The molecule has 1 aliphatic rings. The molecule has 0 spiro atoms. The van der Waals surface area contributed by atoms with Crippen LogP contribution < -0.4 is 4.74 Å². The Balaban J connectivity index is 1.98. The highest BCUT2D eigenvalue weighted by atomic mass is 35.5. The maximum Gasteiger partial charge on any atom is 0.134 e. The van der Waals surface area contributed by atoms with Gasteiger partial charge in [-0.1, -0.05) is 25.4 Å². The number of ether oxygens (including phenoxy) is 2. The van der Waals surface area contributed by atoms with Crippen LogP contribution in [-0.2, 0) is 4.74 Å². The Labute approximate surface area is 138 Å². The van der Waals surface area contributed by atoms with Crippen molar-refractivity contribution in [2.75, 3.05) is 32.9 Å². The van der Waals surface area contributed by atoms with E-state index in [0.29, 0.717) is 36.6 Å². The van der Waals surface area contributed by atoms with Crippen molar-refractivity contribution in [2.45, 2.75) is 38.3 Å². The summed E-state index contributed by atoms with van der Waals surface area (Å²) in [5.41, 5.74) is -0.987. The zero-order chi connectivity index (χ0) is 16.0. The van der Waals surface area contributed by atoms with Gasteiger partial charge in [0.25, 0.3) is 0 Å². The molecule has 0 radical (unpaired) electrons. The Hall–Kier alpha value is -0.810. The third kappa shape index (κ3) is 4.85. The molecule has 0 bridgehead atoms. The molecule has 1 unspecified atom stereocenters. The average molecular weight is 328 g/mol. The molecule has 1 aromatic rings. The van der Waals surface area contributed by atoms with E-state index in [2.05, 4.69) is 18.7 Å². The summed E-state index contributed by atoms with van der Waals surface area (Å²) in [6.45, 7) is 6.97. The molecule has 0 aromatic heterocycles. The van der Waals surface area contributed by atoms with Crippen LogP contribution >= 0.6 is 11.6 Å². The number of β-amino-alcohol motifs (C(OH)–C–C–N with tert-alkyl or cyclic N) is 1. The second-order valence-corrected chi connectivity index (χ2v) is 6.40. The molecular weight excluding hydrogens is 302 g/mol. The second kappa shape index (κ2) is 8.16. The number of hydrogen-bond acceptors (Lipinski definition) is 4. The van der Waals surface area contributed by atoms with E-state index in [1.165, 1.54) is 0 Å². The van der Waals surface area contributed by atoms with Gasteiger partial charge in [0.2, 0.25) is 0 Å². The Kier molecular flexibility index (Phi) is 6.50. The van der Waals surface area contributed by atoms with Crippen molar-refractivity contribution < 1.29 is 14.6 Å². The highest BCUT2D eigenvalue weighted by molar-refractivity contribution is 6.30. The van der Waals surface area contributed by atoms with Gasteiger partial charge < -0.3 is 14.6 Å². The molecule has 0 amide bonds. The summed E-state index contributed by atoms with van der Waals surface area (Å²) in [6.07, 6.45) is 2.15. The fourth-order valence-corrected chi connectivity index (χ4v) is 3.03. The monoisotopic (exact) mass is 327 g/mol. The lowest BCUT2D eigenvalue weighted by Gasteiger charge is -2.34. The van der Waals surface area contributed by atoms with E-state index in [0.717, 1.165) is 19.4 Å². The minimum absolute atomic E-state index is 0.214. The van der Waals surface area contributed by atoms with Gasteiger partial charge in [0.1, 0.15) is 18.0 Å². The number of aliphatic hydroxyl groups is 1. The van der Waals surface area contributed by atoms with Gasteiger partial charge in [0.05, 0.1) is 13.2 Å². The molecule has 124 valence electrons. The first-order valence-electron chi connectivity index (χ1n) is 7.99. The third-order valence-corrected chi connectivity index (χ3v) is 4.42. The molecular formula is C17H26ClNO3. The largest absolute Gasteiger partial charge is 0.490 e. The van der Waals surface area contributed by atoms with E-state index in [1.807, 2.05) is 12.1 Å². The standard InChI is InChI=1S/C17H26ClNO3/c1-3-15(4-2)19-9-10-21-12-17(20,11-19)13-22-16-7-5-14(18)6-8-16/h5-8,15,20H,3-4,9-13H2,1-2H3. The molecule has 1 fully saturated rings. The first-order chi connectivity index (χ1) is 10.6. The van der Waals surface area contributed by atoms with Crippen molar-refractivity contribution in [3.8, 4) is 5.75 Å². The van der Waals surface area contributed by atoms with Gasteiger partial charge in [-0.05, 0) is 37.1 Å². The maximum absolute atomic E-state index is 10.9. The van der Waals surface area contributed by atoms with Crippen LogP contribution in [0.2, 0.25) is 5.02 Å². The predicted octanol–water partition coefficient (Wildman–Crippen LogP) is 2.97. The van der Waals surface area contributed by atoms with E-state index < -0.39 is 5.60 Å². The molecule has 1 saturated heterocycles.